The second kappa shape index (κ2) is 10.7. The van der Waals surface area contributed by atoms with Gasteiger partial charge >= 0.3 is 0 Å². The van der Waals surface area contributed by atoms with E-state index in [0.29, 0.717) is 46.4 Å². The number of hydrogen-bond acceptors (Lipinski definition) is 9. The summed E-state index contributed by atoms with van der Waals surface area (Å²) in [5.74, 6) is -3.54. The van der Waals surface area contributed by atoms with Crippen molar-refractivity contribution in [2.75, 3.05) is 30.8 Å². The summed E-state index contributed by atoms with van der Waals surface area (Å²) < 4.78 is 76.9. The Morgan fingerprint density at radius 3 is 2.58 bits per heavy atom. The molecule has 0 aliphatic carbocycles. The van der Waals surface area contributed by atoms with E-state index in [4.69, 9.17) is 16.2 Å². The highest BCUT2D eigenvalue weighted by Crippen LogP contribution is 2.47. The summed E-state index contributed by atoms with van der Waals surface area (Å²) >= 11 is 1.11. The second-order valence-corrected chi connectivity index (χ2v) is 10.4. The van der Waals surface area contributed by atoms with E-state index in [1.165, 1.54) is 25.7 Å². The van der Waals surface area contributed by atoms with Gasteiger partial charge in [0, 0.05) is 37.1 Å². The summed E-state index contributed by atoms with van der Waals surface area (Å²) in [6.07, 6.45) is 1.36. The van der Waals surface area contributed by atoms with E-state index in [-0.39, 0.29) is 35.8 Å². The smallest absolute Gasteiger partial charge is 0.265 e. The van der Waals surface area contributed by atoms with Crippen molar-refractivity contribution in [2.45, 2.75) is 40.8 Å². The highest BCUT2D eigenvalue weighted by atomic mass is 32.2. The minimum absolute atomic E-state index is 0.00647. The van der Waals surface area contributed by atoms with Crippen molar-refractivity contribution in [1.29, 1.82) is 0 Å². The molecule has 0 saturated carbocycles. The van der Waals surface area contributed by atoms with Crippen molar-refractivity contribution in [3.05, 3.63) is 54.4 Å². The zero-order valence-corrected chi connectivity index (χ0v) is 21.8. The summed E-state index contributed by atoms with van der Waals surface area (Å²) in [6.45, 7) is 0.218. The molecule has 1 aliphatic rings. The molecule has 0 amide bonds. The van der Waals surface area contributed by atoms with E-state index in [9.17, 15) is 27.1 Å². The Bertz CT molecular complexity index is 1570. The van der Waals surface area contributed by atoms with Gasteiger partial charge in [-0.05, 0) is 18.9 Å². The normalized spacial score (nSPS) is 18.5. The number of hydrogen-bond donors (Lipinski definition) is 3. The molecular formula is C25H24F5N7O2S. The van der Waals surface area contributed by atoms with Crippen LogP contribution in [0.15, 0.2) is 46.8 Å². The molecule has 15 heteroatoms. The lowest BCUT2D eigenvalue weighted by atomic mass is 9.84. The number of rotatable bonds is 7. The maximum Gasteiger partial charge on any atom is 0.265 e. The fourth-order valence-corrected chi connectivity index (χ4v) is 5.90. The van der Waals surface area contributed by atoms with Crippen molar-refractivity contribution in [2.24, 2.45) is 5.73 Å². The maximum absolute atomic E-state index is 14.8. The average molecular weight is 582 g/mol. The van der Waals surface area contributed by atoms with Gasteiger partial charge in [-0.15, -0.1) is 0 Å². The maximum atomic E-state index is 14.8. The predicted molar refractivity (Wildman–Crippen MR) is 138 cm³/mol. The molecule has 5 rings (SSSR count). The molecule has 40 heavy (non-hydrogen) atoms. The van der Waals surface area contributed by atoms with Crippen molar-refractivity contribution in [3.63, 3.8) is 0 Å². The number of pyridine rings is 1. The standard InChI is InChI=1S/C25H24F5N7O2S/c1-39-19-18(12-7-14(27)15(28)8-13(12)26)34-9-16(36-5-2-3-25(32,11-36)21(38)22(29)30)20(19)40-17-10-35-24-23(31)33-4-6-37(17)24/h4,6-10,21-22,38H,2-3,5,11,32H2,1H3,(H2,31,33)/t21-,25-/m1/s1. The number of fused-ring (bicyclic) bond motifs is 1. The summed E-state index contributed by atoms with van der Waals surface area (Å²) in [7, 11) is 1.30. The summed E-state index contributed by atoms with van der Waals surface area (Å²) in [5, 5.41) is 10.7. The number of alkyl halides is 2. The lowest BCUT2D eigenvalue weighted by molar-refractivity contribution is -0.0529. The van der Waals surface area contributed by atoms with E-state index in [1.807, 2.05) is 0 Å². The molecule has 1 saturated heterocycles. The van der Waals surface area contributed by atoms with Gasteiger partial charge in [0.2, 0.25) is 0 Å². The fraction of sp³-hybridized carbons (Fsp3) is 0.320. The lowest BCUT2D eigenvalue weighted by Crippen LogP contribution is -2.63. The number of nitrogens with two attached hydrogens (primary N) is 2. The molecule has 2 atom stereocenters. The van der Waals surface area contributed by atoms with Gasteiger partial charge in [-0.2, -0.15) is 0 Å². The van der Waals surface area contributed by atoms with Crippen molar-refractivity contribution < 1.29 is 31.8 Å². The van der Waals surface area contributed by atoms with Gasteiger partial charge in [0.15, 0.2) is 28.8 Å². The van der Waals surface area contributed by atoms with Gasteiger partial charge in [0.1, 0.15) is 22.6 Å². The van der Waals surface area contributed by atoms with Crippen molar-refractivity contribution in [3.8, 4) is 17.0 Å². The Kier molecular flexibility index (Phi) is 7.46. The SMILES string of the molecule is COc1c(-c2cc(F)c(F)cc2F)ncc(N2CCC[C@](N)([C@H](O)C(F)F)C2)c1Sc1cnc2c(N)nccn12. The van der Waals surface area contributed by atoms with Gasteiger partial charge in [0.25, 0.3) is 6.43 Å². The highest BCUT2D eigenvalue weighted by Gasteiger charge is 2.43. The molecular weight excluding hydrogens is 557 g/mol. The first kappa shape index (κ1) is 27.9. The number of anilines is 2. The Hall–Kier alpha value is -3.69. The van der Waals surface area contributed by atoms with E-state index in [2.05, 4.69) is 15.0 Å². The van der Waals surface area contributed by atoms with Gasteiger partial charge < -0.3 is 26.2 Å². The number of ether oxygens (including phenoxy) is 1. The van der Waals surface area contributed by atoms with Crippen LogP contribution < -0.4 is 21.1 Å². The number of aliphatic hydroxyl groups is 1. The van der Waals surface area contributed by atoms with Crippen LogP contribution in [0.25, 0.3) is 16.9 Å². The molecule has 9 nitrogen and oxygen atoms in total. The third kappa shape index (κ3) is 4.88. The van der Waals surface area contributed by atoms with Crippen LogP contribution in [0.5, 0.6) is 5.75 Å². The van der Waals surface area contributed by atoms with Gasteiger partial charge in [-0.25, -0.2) is 36.9 Å². The predicted octanol–water partition coefficient (Wildman–Crippen LogP) is 3.87. The van der Waals surface area contributed by atoms with Gasteiger partial charge in [0.05, 0.1) is 35.6 Å². The molecule has 212 valence electrons. The van der Waals surface area contributed by atoms with Crippen LogP contribution in [0.1, 0.15) is 12.8 Å². The molecule has 5 N–H and O–H groups in total. The van der Waals surface area contributed by atoms with E-state index in [1.54, 1.807) is 15.5 Å². The number of aromatic nitrogens is 4. The van der Waals surface area contributed by atoms with E-state index < -0.39 is 35.5 Å². The number of imidazole rings is 1. The third-order valence-corrected chi connectivity index (χ3v) is 7.90. The Balaban J connectivity index is 1.68. The third-order valence-electron chi connectivity index (χ3n) is 6.79. The highest BCUT2D eigenvalue weighted by molar-refractivity contribution is 7.99. The first-order valence-corrected chi connectivity index (χ1v) is 12.8. The number of piperidine rings is 1. The molecule has 4 heterocycles. The molecule has 4 aromatic rings. The van der Waals surface area contributed by atoms with E-state index >= 15 is 0 Å². The number of halogens is 5. The zero-order valence-electron chi connectivity index (χ0n) is 21.0. The lowest BCUT2D eigenvalue weighted by Gasteiger charge is -2.44. The van der Waals surface area contributed by atoms with Crippen LogP contribution in [0.4, 0.5) is 33.5 Å². The number of nitrogens with zero attached hydrogens (tertiary/aromatic N) is 5. The Morgan fingerprint density at radius 1 is 1.10 bits per heavy atom. The minimum Gasteiger partial charge on any atom is -0.493 e. The zero-order chi connectivity index (χ0) is 28.8. The van der Waals surface area contributed by atoms with E-state index in [0.717, 1.165) is 11.8 Å². The van der Waals surface area contributed by atoms with Crippen LogP contribution in [0.3, 0.4) is 0 Å². The van der Waals surface area contributed by atoms with Crippen molar-refractivity contribution in [1.82, 2.24) is 19.4 Å². The van der Waals surface area contributed by atoms with Crippen LogP contribution in [0, 0.1) is 17.5 Å². The summed E-state index contributed by atoms with van der Waals surface area (Å²) in [5.41, 5.74) is 10.8. The fourth-order valence-electron chi connectivity index (χ4n) is 4.78. The van der Waals surface area contributed by atoms with Crippen LogP contribution in [-0.2, 0) is 0 Å². The number of benzene rings is 1. The Morgan fingerprint density at radius 2 is 1.85 bits per heavy atom. The molecule has 0 bridgehead atoms. The van der Waals surface area contributed by atoms with Crippen molar-refractivity contribution >= 4 is 28.9 Å². The first-order valence-electron chi connectivity index (χ1n) is 12.0. The Labute approximate surface area is 229 Å². The number of nitrogen functional groups attached to an aromatic ring is 1. The quantitative estimate of drug-likeness (QED) is 0.220. The molecule has 1 aromatic carbocycles. The van der Waals surface area contributed by atoms with Crippen LogP contribution in [0.2, 0.25) is 0 Å². The van der Waals surface area contributed by atoms with Crippen LogP contribution in [-0.4, -0.2) is 62.7 Å². The minimum atomic E-state index is -3.05. The number of methoxy groups -OCH3 is 1. The summed E-state index contributed by atoms with van der Waals surface area (Å²) in [6, 6.07) is 1.08. The molecule has 0 radical (unpaired) electrons. The first-order chi connectivity index (χ1) is 19.0. The molecule has 0 spiro atoms. The molecule has 0 unspecified atom stereocenters. The average Bonchev–Trinajstić information content (AvgIpc) is 3.34. The topological polar surface area (TPSA) is 128 Å². The van der Waals surface area contributed by atoms with Gasteiger partial charge in [-0.1, -0.05) is 11.8 Å². The van der Waals surface area contributed by atoms with Gasteiger partial charge in [-0.3, -0.25) is 4.40 Å². The van der Waals surface area contributed by atoms with Crippen LogP contribution >= 0.6 is 11.8 Å². The second-order valence-electron chi connectivity index (χ2n) is 9.34. The largest absolute Gasteiger partial charge is 0.493 e. The monoisotopic (exact) mass is 581 g/mol. The summed E-state index contributed by atoms with van der Waals surface area (Å²) in [4.78, 5) is 14.6. The molecule has 3 aromatic heterocycles. The molecule has 1 aliphatic heterocycles. The molecule has 1 fully saturated rings. The number of aliphatic hydroxyl groups excluding tert-OH is 1.